The molecule has 218 valence electrons. The van der Waals surface area contributed by atoms with Gasteiger partial charge in [-0.05, 0) is 122 Å². The average Bonchev–Trinajstić information content (AvgIpc) is 3.45. The van der Waals surface area contributed by atoms with Gasteiger partial charge in [0.25, 0.3) is 0 Å². The molecule has 3 heteroatoms. The predicted octanol–water partition coefficient (Wildman–Crippen LogP) is 11.7. The molecule has 1 heterocycles. The Morgan fingerprint density at radius 2 is 0.978 bits per heavy atom. The Hall–Kier alpha value is -5.54. The zero-order valence-electron chi connectivity index (χ0n) is 25.3. The summed E-state index contributed by atoms with van der Waals surface area (Å²) in [6.07, 6.45) is 15.9. The minimum Gasteiger partial charge on any atom is -0.311 e. The van der Waals surface area contributed by atoms with Crippen molar-refractivity contribution < 1.29 is 0 Å². The van der Waals surface area contributed by atoms with Crippen LogP contribution in [0.3, 0.4) is 0 Å². The molecule has 0 bridgehead atoms. The molecule has 0 saturated heterocycles. The molecule has 6 aromatic rings. The van der Waals surface area contributed by atoms with Crippen LogP contribution in [-0.4, -0.2) is 4.57 Å². The number of rotatable bonds is 7. The Morgan fingerprint density at radius 1 is 0.467 bits per heavy atom. The minimum absolute atomic E-state index is 1.06. The zero-order chi connectivity index (χ0) is 30.0. The molecule has 0 fully saturated rings. The number of benzene rings is 5. The molecule has 45 heavy (non-hydrogen) atoms. The molecule has 0 saturated carbocycles. The summed E-state index contributed by atoms with van der Waals surface area (Å²) in [5, 5.41) is 1.34. The summed E-state index contributed by atoms with van der Waals surface area (Å²) in [5.41, 5.74) is 12.1. The second-order valence-electron chi connectivity index (χ2n) is 11.6. The standard InChI is InChI=1S/C42H35N3/c1-5-15-32(16-6-1)43(33-17-7-2-8-18-33)36-25-27-37(28-26-36)44(34-19-9-3-10-20-34)38-29-30-42-40(31-38)39-23-13-14-24-41(39)45(42)35-21-11-4-12-22-35/h1-3,5-11,14-22,24-31H,4,12-13,23H2. The number of aromatic nitrogens is 1. The van der Waals surface area contributed by atoms with Crippen LogP contribution in [0.4, 0.5) is 34.1 Å². The first-order valence-corrected chi connectivity index (χ1v) is 15.9. The molecule has 0 atom stereocenters. The highest BCUT2D eigenvalue weighted by Gasteiger charge is 2.22. The summed E-state index contributed by atoms with van der Waals surface area (Å²) in [6.45, 7) is 0. The van der Waals surface area contributed by atoms with Gasteiger partial charge in [0.15, 0.2) is 0 Å². The number of allylic oxidation sites excluding steroid dienone is 5. The number of aryl methyl sites for hydroxylation is 1. The number of nitrogens with zero attached hydrogens (tertiary/aromatic N) is 3. The third-order valence-electron chi connectivity index (χ3n) is 8.83. The maximum Gasteiger partial charge on any atom is 0.0539 e. The van der Waals surface area contributed by atoms with Crippen molar-refractivity contribution in [3.63, 3.8) is 0 Å². The summed E-state index contributed by atoms with van der Waals surface area (Å²) >= 11 is 0. The molecule has 5 aromatic carbocycles. The fraction of sp³-hybridized carbons (Fsp3) is 0.0952. The van der Waals surface area contributed by atoms with Crippen LogP contribution in [0.1, 0.15) is 30.5 Å². The van der Waals surface area contributed by atoms with E-state index < -0.39 is 0 Å². The van der Waals surface area contributed by atoms with Gasteiger partial charge in [-0.3, -0.25) is 0 Å². The van der Waals surface area contributed by atoms with Crippen molar-refractivity contribution >= 4 is 56.8 Å². The lowest BCUT2D eigenvalue weighted by Crippen LogP contribution is -2.12. The van der Waals surface area contributed by atoms with Crippen LogP contribution in [0, 0.1) is 0 Å². The van der Waals surface area contributed by atoms with Crippen molar-refractivity contribution in [2.75, 3.05) is 9.80 Å². The number of fused-ring (bicyclic) bond motifs is 3. The molecule has 8 rings (SSSR count). The fourth-order valence-corrected chi connectivity index (χ4v) is 6.78. The van der Waals surface area contributed by atoms with E-state index in [4.69, 9.17) is 0 Å². The second kappa shape index (κ2) is 11.9. The van der Waals surface area contributed by atoms with Crippen LogP contribution in [0.25, 0.3) is 22.7 Å². The fourth-order valence-electron chi connectivity index (χ4n) is 6.78. The largest absolute Gasteiger partial charge is 0.311 e. The van der Waals surface area contributed by atoms with Gasteiger partial charge in [0.1, 0.15) is 0 Å². The Balaban J connectivity index is 1.24. The lowest BCUT2D eigenvalue weighted by Gasteiger charge is -2.28. The lowest BCUT2D eigenvalue weighted by atomic mass is 10.0. The summed E-state index contributed by atoms with van der Waals surface area (Å²) in [6, 6.07) is 47.8. The van der Waals surface area contributed by atoms with Crippen molar-refractivity contribution in [2.24, 2.45) is 0 Å². The molecule has 1 aromatic heterocycles. The number of anilines is 6. The van der Waals surface area contributed by atoms with Crippen LogP contribution >= 0.6 is 0 Å². The van der Waals surface area contributed by atoms with Gasteiger partial charge < -0.3 is 14.4 Å². The van der Waals surface area contributed by atoms with E-state index in [1.807, 2.05) is 0 Å². The van der Waals surface area contributed by atoms with Gasteiger partial charge in [0.05, 0.1) is 5.52 Å². The Morgan fingerprint density at radius 3 is 1.53 bits per heavy atom. The van der Waals surface area contributed by atoms with Crippen LogP contribution in [0.15, 0.2) is 158 Å². The van der Waals surface area contributed by atoms with Crippen LogP contribution in [0.2, 0.25) is 0 Å². The van der Waals surface area contributed by atoms with Crippen LogP contribution in [0.5, 0.6) is 0 Å². The van der Waals surface area contributed by atoms with E-state index in [9.17, 15) is 0 Å². The van der Waals surface area contributed by atoms with Gasteiger partial charge in [-0.15, -0.1) is 0 Å². The monoisotopic (exact) mass is 581 g/mol. The molecular weight excluding hydrogens is 546 g/mol. The van der Waals surface area contributed by atoms with Crippen molar-refractivity contribution in [3.8, 4) is 0 Å². The summed E-state index contributed by atoms with van der Waals surface area (Å²) < 4.78 is 2.46. The van der Waals surface area contributed by atoms with E-state index >= 15 is 0 Å². The molecular formula is C42H35N3. The van der Waals surface area contributed by atoms with Crippen LogP contribution < -0.4 is 9.80 Å². The molecule has 2 aliphatic carbocycles. The van der Waals surface area contributed by atoms with E-state index in [1.165, 1.54) is 27.9 Å². The van der Waals surface area contributed by atoms with Crippen molar-refractivity contribution in [1.82, 2.24) is 4.57 Å². The molecule has 2 aliphatic rings. The Labute approximate surface area is 265 Å². The third kappa shape index (κ3) is 5.07. The smallest absolute Gasteiger partial charge is 0.0539 e. The van der Waals surface area contributed by atoms with E-state index in [-0.39, 0.29) is 0 Å². The van der Waals surface area contributed by atoms with Gasteiger partial charge in [-0.25, -0.2) is 0 Å². The maximum absolute atomic E-state index is 2.46. The number of hydrogen-bond acceptors (Lipinski definition) is 2. The van der Waals surface area contributed by atoms with Crippen LogP contribution in [-0.2, 0) is 6.42 Å². The lowest BCUT2D eigenvalue weighted by molar-refractivity contribution is 0.963. The van der Waals surface area contributed by atoms with E-state index in [2.05, 4.69) is 178 Å². The third-order valence-corrected chi connectivity index (χ3v) is 8.83. The number of para-hydroxylation sites is 3. The molecule has 0 radical (unpaired) electrons. The normalized spacial score (nSPS) is 13.8. The van der Waals surface area contributed by atoms with Crippen molar-refractivity contribution in [1.29, 1.82) is 0 Å². The highest BCUT2D eigenvalue weighted by Crippen LogP contribution is 2.42. The highest BCUT2D eigenvalue weighted by atomic mass is 15.2. The minimum atomic E-state index is 1.06. The molecule has 0 spiro atoms. The first-order valence-electron chi connectivity index (χ1n) is 15.9. The highest BCUT2D eigenvalue weighted by molar-refractivity contribution is 5.96. The Bertz CT molecular complexity index is 1990. The van der Waals surface area contributed by atoms with Gasteiger partial charge in [0.2, 0.25) is 0 Å². The van der Waals surface area contributed by atoms with Crippen molar-refractivity contribution in [2.45, 2.75) is 25.7 Å². The van der Waals surface area contributed by atoms with E-state index in [0.717, 1.165) is 59.8 Å². The summed E-state index contributed by atoms with van der Waals surface area (Å²) in [4.78, 5) is 4.68. The van der Waals surface area contributed by atoms with E-state index in [0.29, 0.717) is 0 Å². The zero-order valence-corrected chi connectivity index (χ0v) is 25.3. The van der Waals surface area contributed by atoms with Gasteiger partial charge in [-0.2, -0.15) is 0 Å². The maximum atomic E-state index is 2.46. The predicted molar refractivity (Wildman–Crippen MR) is 191 cm³/mol. The van der Waals surface area contributed by atoms with Gasteiger partial charge >= 0.3 is 0 Å². The topological polar surface area (TPSA) is 11.4 Å². The first kappa shape index (κ1) is 27.0. The summed E-state index contributed by atoms with van der Waals surface area (Å²) in [5.74, 6) is 0. The van der Waals surface area contributed by atoms with Crippen molar-refractivity contribution in [3.05, 3.63) is 169 Å². The van der Waals surface area contributed by atoms with E-state index in [1.54, 1.807) is 0 Å². The molecule has 0 amide bonds. The molecule has 0 N–H and O–H groups in total. The summed E-state index contributed by atoms with van der Waals surface area (Å²) in [7, 11) is 0. The number of hydrogen-bond donors (Lipinski definition) is 0. The van der Waals surface area contributed by atoms with Gasteiger partial charge in [-0.1, -0.05) is 72.8 Å². The first-order chi connectivity index (χ1) is 22.3. The Kier molecular flexibility index (Phi) is 7.13. The SMILES string of the molecule is C1=CC(n2c3c(c4cc(N(c5ccccc5)c5ccc(N(c6ccccc6)c6ccccc6)cc5)ccc42)CCC=C3)=CCC1. The molecule has 0 unspecified atom stereocenters. The quantitative estimate of drug-likeness (QED) is 0.186. The molecule has 0 aliphatic heterocycles. The molecule has 3 nitrogen and oxygen atoms in total. The average molecular weight is 582 g/mol. The second-order valence-corrected chi connectivity index (χ2v) is 11.6. The van der Waals surface area contributed by atoms with Gasteiger partial charge in [0, 0.05) is 50.9 Å².